The Morgan fingerprint density at radius 2 is 1.79 bits per heavy atom. The molecule has 2 saturated heterocycles. The van der Waals surface area contributed by atoms with Gasteiger partial charge in [0.1, 0.15) is 0 Å². The Labute approximate surface area is 141 Å². The van der Waals surface area contributed by atoms with Gasteiger partial charge in [0.2, 0.25) is 0 Å². The van der Waals surface area contributed by atoms with Crippen LogP contribution in [-0.4, -0.2) is 60.4 Å². The summed E-state index contributed by atoms with van der Waals surface area (Å²) in [4.78, 5) is 17.9. The van der Waals surface area contributed by atoms with Crippen LogP contribution in [-0.2, 0) is 14.0 Å². The molecule has 0 spiro atoms. The van der Waals surface area contributed by atoms with Crippen molar-refractivity contribution in [2.45, 2.75) is 38.9 Å². The predicted molar refractivity (Wildman–Crippen MR) is 86.6 cm³/mol. The van der Waals surface area contributed by atoms with E-state index in [4.69, 9.17) is 14.0 Å². The van der Waals surface area contributed by atoms with Gasteiger partial charge in [-0.3, -0.25) is 4.79 Å². The molecule has 0 aliphatic carbocycles. The molecule has 0 unspecified atom stereocenters. The van der Waals surface area contributed by atoms with Crippen molar-refractivity contribution in [3.63, 3.8) is 0 Å². The van der Waals surface area contributed by atoms with Crippen LogP contribution in [0.25, 0.3) is 0 Å². The normalized spacial score (nSPS) is 22.7. The van der Waals surface area contributed by atoms with E-state index in [0.717, 1.165) is 0 Å². The Hall–Kier alpha value is -1.51. The molecule has 0 aromatic carbocycles. The number of rotatable bonds is 2. The fourth-order valence-corrected chi connectivity index (χ4v) is 2.63. The molecule has 2 fully saturated rings. The van der Waals surface area contributed by atoms with Crippen molar-refractivity contribution in [1.82, 2.24) is 9.88 Å². The molecule has 0 radical (unpaired) electrons. The first kappa shape index (κ1) is 17.3. The highest BCUT2D eigenvalue weighted by Gasteiger charge is 2.52. The van der Waals surface area contributed by atoms with Crippen LogP contribution in [0.4, 0.5) is 4.39 Å². The van der Waals surface area contributed by atoms with E-state index in [1.54, 1.807) is 4.90 Å². The zero-order valence-corrected chi connectivity index (χ0v) is 14.5. The maximum absolute atomic E-state index is 14.4. The van der Waals surface area contributed by atoms with E-state index in [-0.39, 0.29) is 5.69 Å². The van der Waals surface area contributed by atoms with E-state index < -0.39 is 30.0 Å². The molecule has 2 aliphatic rings. The highest BCUT2D eigenvalue weighted by Crippen LogP contribution is 2.36. The summed E-state index contributed by atoms with van der Waals surface area (Å²) in [6.07, 6.45) is 1.44. The molecule has 0 bridgehead atoms. The molecule has 8 heteroatoms. The van der Waals surface area contributed by atoms with Crippen molar-refractivity contribution >= 4 is 18.5 Å². The topological polar surface area (TPSA) is 60.9 Å². The van der Waals surface area contributed by atoms with E-state index in [2.05, 4.69) is 4.98 Å². The summed E-state index contributed by atoms with van der Waals surface area (Å²) in [5, 5.41) is 0. The first-order valence-electron chi connectivity index (χ1n) is 8.09. The third kappa shape index (κ3) is 3.05. The standard InChI is InChI=1S/C16H22BFN2O4/c1-15(2)16(3,4)24-17(23-15)11-9-12(18)13(19-10-11)14(21)20-5-7-22-8-6-20/h9-10H,5-8H2,1-4H3. The Kier molecular flexibility index (Phi) is 4.40. The Balaban J connectivity index is 1.79. The van der Waals surface area contributed by atoms with Crippen LogP contribution < -0.4 is 5.46 Å². The Bertz CT molecular complexity index is 631. The summed E-state index contributed by atoms with van der Waals surface area (Å²) in [5.41, 5.74) is -0.755. The summed E-state index contributed by atoms with van der Waals surface area (Å²) in [6.45, 7) is 9.50. The van der Waals surface area contributed by atoms with Crippen molar-refractivity contribution in [3.8, 4) is 0 Å². The molecule has 0 atom stereocenters. The van der Waals surface area contributed by atoms with Gasteiger partial charge in [-0.15, -0.1) is 0 Å². The van der Waals surface area contributed by atoms with Crippen LogP contribution in [0.15, 0.2) is 12.3 Å². The number of hydrogen-bond donors (Lipinski definition) is 0. The van der Waals surface area contributed by atoms with Crippen molar-refractivity contribution < 1.29 is 23.2 Å². The number of carbonyl (C=O) groups excluding carboxylic acids is 1. The van der Waals surface area contributed by atoms with Crippen molar-refractivity contribution in [1.29, 1.82) is 0 Å². The van der Waals surface area contributed by atoms with Gasteiger partial charge in [0, 0.05) is 24.7 Å². The molecule has 3 heterocycles. The number of carbonyl (C=O) groups is 1. The lowest BCUT2D eigenvalue weighted by atomic mass is 9.80. The van der Waals surface area contributed by atoms with E-state index in [9.17, 15) is 9.18 Å². The van der Waals surface area contributed by atoms with Crippen LogP contribution in [0.3, 0.4) is 0 Å². The summed E-state index contributed by atoms with van der Waals surface area (Å²) < 4.78 is 31.4. The van der Waals surface area contributed by atoms with Gasteiger partial charge in [-0.25, -0.2) is 9.37 Å². The van der Waals surface area contributed by atoms with E-state index >= 15 is 0 Å². The summed E-state index contributed by atoms with van der Waals surface area (Å²) in [7, 11) is -0.704. The van der Waals surface area contributed by atoms with Crippen molar-refractivity contribution in [2.24, 2.45) is 0 Å². The molecular formula is C16H22BFN2O4. The number of halogens is 1. The second kappa shape index (κ2) is 6.09. The molecular weight excluding hydrogens is 314 g/mol. The predicted octanol–water partition coefficient (Wildman–Crippen LogP) is 0.992. The fraction of sp³-hybridized carbons (Fsp3) is 0.625. The van der Waals surface area contributed by atoms with Gasteiger partial charge in [-0.2, -0.15) is 0 Å². The van der Waals surface area contributed by atoms with Crippen LogP contribution >= 0.6 is 0 Å². The molecule has 1 aromatic rings. The lowest BCUT2D eigenvalue weighted by Crippen LogP contribution is -2.42. The fourth-order valence-electron chi connectivity index (χ4n) is 2.63. The molecule has 1 aromatic heterocycles. The number of nitrogens with zero attached hydrogens (tertiary/aromatic N) is 2. The highest BCUT2D eigenvalue weighted by atomic mass is 19.1. The number of pyridine rings is 1. The second-order valence-corrected chi connectivity index (χ2v) is 7.09. The molecule has 1 amide bonds. The number of morpholine rings is 1. The minimum Gasteiger partial charge on any atom is -0.399 e. The van der Waals surface area contributed by atoms with Crippen LogP contribution in [0, 0.1) is 5.82 Å². The number of aromatic nitrogens is 1. The van der Waals surface area contributed by atoms with Gasteiger partial charge < -0.3 is 18.9 Å². The Morgan fingerprint density at radius 3 is 2.33 bits per heavy atom. The summed E-state index contributed by atoms with van der Waals surface area (Å²) >= 11 is 0. The average molecular weight is 336 g/mol. The molecule has 3 rings (SSSR count). The smallest absolute Gasteiger partial charge is 0.399 e. The number of amides is 1. The van der Waals surface area contributed by atoms with Gasteiger partial charge >= 0.3 is 7.12 Å². The third-order valence-corrected chi connectivity index (χ3v) is 4.89. The maximum Gasteiger partial charge on any atom is 0.496 e. The van der Waals surface area contributed by atoms with Crippen molar-refractivity contribution in [3.05, 3.63) is 23.8 Å². The molecule has 130 valence electrons. The van der Waals surface area contributed by atoms with Gasteiger partial charge in [-0.1, -0.05) is 0 Å². The lowest BCUT2D eigenvalue weighted by molar-refractivity contribution is 0.00578. The number of hydrogen-bond acceptors (Lipinski definition) is 5. The first-order chi connectivity index (χ1) is 11.2. The molecule has 6 nitrogen and oxygen atoms in total. The molecule has 24 heavy (non-hydrogen) atoms. The van der Waals surface area contributed by atoms with Crippen LogP contribution in [0.5, 0.6) is 0 Å². The van der Waals surface area contributed by atoms with Gasteiger partial charge in [-0.05, 0) is 33.8 Å². The highest BCUT2D eigenvalue weighted by molar-refractivity contribution is 6.62. The SMILES string of the molecule is CC1(C)OB(c2cnc(C(=O)N3CCOCC3)c(F)c2)OC1(C)C. The zero-order valence-electron chi connectivity index (χ0n) is 14.5. The zero-order chi connectivity index (χ0) is 17.5. The van der Waals surface area contributed by atoms with Crippen LogP contribution in [0.1, 0.15) is 38.2 Å². The second-order valence-electron chi connectivity index (χ2n) is 7.09. The lowest BCUT2D eigenvalue weighted by Gasteiger charge is -2.32. The van der Waals surface area contributed by atoms with E-state index in [0.29, 0.717) is 31.8 Å². The minimum atomic E-state index is -0.704. The third-order valence-electron chi connectivity index (χ3n) is 4.89. The average Bonchev–Trinajstić information content (AvgIpc) is 2.75. The Morgan fingerprint density at radius 1 is 1.21 bits per heavy atom. The summed E-state index contributed by atoms with van der Waals surface area (Å²) in [5.74, 6) is -1.09. The monoisotopic (exact) mass is 336 g/mol. The minimum absolute atomic E-state index is 0.183. The van der Waals surface area contributed by atoms with E-state index in [1.807, 2.05) is 27.7 Å². The summed E-state index contributed by atoms with van der Waals surface area (Å²) in [6, 6.07) is 1.27. The van der Waals surface area contributed by atoms with Gasteiger partial charge in [0.05, 0.1) is 24.4 Å². The quantitative estimate of drug-likeness (QED) is 0.754. The van der Waals surface area contributed by atoms with Crippen molar-refractivity contribution in [2.75, 3.05) is 26.3 Å². The largest absolute Gasteiger partial charge is 0.496 e. The van der Waals surface area contributed by atoms with Gasteiger partial charge in [0.25, 0.3) is 5.91 Å². The molecule has 0 N–H and O–H groups in total. The van der Waals surface area contributed by atoms with Crippen LogP contribution in [0.2, 0.25) is 0 Å². The first-order valence-corrected chi connectivity index (χ1v) is 8.09. The van der Waals surface area contributed by atoms with Gasteiger partial charge in [0.15, 0.2) is 11.5 Å². The maximum atomic E-state index is 14.4. The molecule has 0 saturated carbocycles. The number of ether oxygens (including phenoxy) is 1. The van der Waals surface area contributed by atoms with E-state index in [1.165, 1.54) is 12.3 Å². The molecule has 2 aliphatic heterocycles.